The summed E-state index contributed by atoms with van der Waals surface area (Å²) in [6.45, 7) is 0. The largest absolute Gasteiger partial charge is 0.457 e. The van der Waals surface area contributed by atoms with Crippen LogP contribution in [0.1, 0.15) is 27.8 Å². The summed E-state index contributed by atoms with van der Waals surface area (Å²) in [5.74, 6) is 3.31. The number of hydrogen-bond acceptors (Lipinski definition) is 5. The van der Waals surface area contributed by atoms with E-state index in [9.17, 15) is 5.26 Å². The van der Waals surface area contributed by atoms with Gasteiger partial charge in [0, 0.05) is 33.2 Å². The fourth-order valence-electron chi connectivity index (χ4n) is 7.93. The molecule has 7 aromatic carbocycles. The molecule has 1 aliphatic carbocycles. The second-order valence-corrected chi connectivity index (χ2v) is 12.6. The lowest BCUT2D eigenvalue weighted by molar-refractivity contribution is 0.436. The molecule has 2 aliphatic rings. The van der Waals surface area contributed by atoms with Gasteiger partial charge in [0.15, 0.2) is 17.5 Å². The summed E-state index contributed by atoms with van der Waals surface area (Å²) in [5.41, 5.74) is 9.05. The predicted octanol–water partition coefficient (Wildman–Crippen LogP) is 10.4. The van der Waals surface area contributed by atoms with Crippen LogP contribution in [0.4, 0.5) is 0 Å². The van der Waals surface area contributed by atoms with Crippen molar-refractivity contribution in [2.75, 3.05) is 0 Å². The Kier molecular flexibility index (Phi) is 6.09. The maximum absolute atomic E-state index is 10.5. The van der Waals surface area contributed by atoms with E-state index in [0.717, 1.165) is 72.3 Å². The van der Waals surface area contributed by atoms with Crippen LogP contribution in [-0.4, -0.2) is 15.0 Å². The minimum atomic E-state index is -0.765. The van der Waals surface area contributed by atoms with Crippen molar-refractivity contribution in [3.05, 3.63) is 186 Å². The average Bonchev–Trinajstić information content (AvgIpc) is 3.48. The molecule has 0 saturated heterocycles. The summed E-state index contributed by atoms with van der Waals surface area (Å²) in [6.07, 6.45) is 0. The van der Waals surface area contributed by atoms with Gasteiger partial charge in [0.25, 0.3) is 0 Å². The maximum atomic E-state index is 10.5. The normalized spacial score (nSPS) is 15.0. The first-order chi connectivity index (χ1) is 24.7. The molecular formula is C45H26N4O. The quantitative estimate of drug-likeness (QED) is 0.193. The Morgan fingerprint density at radius 3 is 1.72 bits per heavy atom. The van der Waals surface area contributed by atoms with Crippen molar-refractivity contribution in [2.24, 2.45) is 0 Å². The molecule has 1 atom stereocenters. The Bertz CT molecular complexity index is 2640. The van der Waals surface area contributed by atoms with Crippen LogP contribution in [0.15, 0.2) is 158 Å². The van der Waals surface area contributed by atoms with E-state index in [1.165, 1.54) is 0 Å². The van der Waals surface area contributed by atoms with Crippen LogP contribution in [0.25, 0.3) is 56.1 Å². The molecule has 1 unspecified atom stereocenters. The smallest absolute Gasteiger partial charge is 0.164 e. The second-order valence-electron chi connectivity index (χ2n) is 12.6. The van der Waals surface area contributed by atoms with E-state index in [4.69, 9.17) is 19.7 Å². The molecule has 2 heterocycles. The van der Waals surface area contributed by atoms with Crippen LogP contribution in [-0.2, 0) is 5.41 Å². The molecule has 5 nitrogen and oxygen atoms in total. The van der Waals surface area contributed by atoms with E-state index in [1.54, 1.807) is 0 Å². The van der Waals surface area contributed by atoms with Crippen LogP contribution >= 0.6 is 0 Å². The van der Waals surface area contributed by atoms with Gasteiger partial charge < -0.3 is 4.74 Å². The number of nitriles is 1. The molecule has 1 aliphatic heterocycles. The van der Waals surface area contributed by atoms with Gasteiger partial charge in [-0.1, -0.05) is 127 Å². The summed E-state index contributed by atoms with van der Waals surface area (Å²) in [5, 5.41) is 12.5. The Hall–Kier alpha value is -6.90. The predicted molar refractivity (Wildman–Crippen MR) is 196 cm³/mol. The summed E-state index contributed by atoms with van der Waals surface area (Å²) in [6, 6.07) is 56.0. The second kappa shape index (κ2) is 10.8. The van der Waals surface area contributed by atoms with Gasteiger partial charge in [0.2, 0.25) is 0 Å². The monoisotopic (exact) mass is 638 g/mol. The SMILES string of the molecule is N#Cc1cc2c(c3ccccc13)-c1ccccc1C21c2ccccc2Oc2ccc(-c3nc(-c4ccccc4)nc(-c4ccccc4)n3)cc21. The molecule has 0 bridgehead atoms. The minimum absolute atomic E-state index is 0.567. The molecule has 0 saturated carbocycles. The van der Waals surface area contributed by atoms with Gasteiger partial charge >= 0.3 is 0 Å². The van der Waals surface area contributed by atoms with Crippen molar-refractivity contribution in [1.29, 1.82) is 5.26 Å². The number of benzene rings is 7. The zero-order chi connectivity index (χ0) is 33.2. The topological polar surface area (TPSA) is 71.7 Å². The third kappa shape index (κ3) is 3.97. The van der Waals surface area contributed by atoms with Crippen LogP contribution in [0.5, 0.6) is 11.5 Å². The van der Waals surface area contributed by atoms with E-state index in [-0.39, 0.29) is 0 Å². The zero-order valence-corrected chi connectivity index (χ0v) is 26.7. The average molecular weight is 639 g/mol. The molecule has 1 spiro atoms. The Morgan fingerprint density at radius 2 is 1.02 bits per heavy atom. The first-order valence-corrected chi connectivity index (χ1v) is 16.6. The highest BCUT2D eigenvalue weighted by atomic mass is 16.5. The van der Waals surface area contributed by atoms with Crippen molar-refractivity contribution in [1.82, 2.24) is 15.0 Å². The van der Waals surface area contributed by atoms with E-state index >= 15 is 0 Å². The lowest BCUT2D eigenvalue weighted by atomic mass is 9.65. The van der Waals surface area contributed by atoms with Crippen molar-refractivity contribution >= 4 is 10.8 Å². The lowest BCUT2D eigenvalue weighted by Gasteiger charge is -2.39. The number of aromatic nitrogens is 3. The first-order valence-electron chi connectivity index (χ1n) is 16.6. The Balaban J connectivity index is 1.29. The number of rotatable bonds is 3. The van der Waals surface area contributed by atoms with Crippen LogP contribution in [0.3, 0.4) is 0 Å². The lowest BCUT2D eigenvalue weighted by Crippen LogP contribution is -2.32. The summed E-state index contributed by atoms with van der Waals surface area (Å²) >= 11 is 0. The minimum Gasteiger partial charge on any atom is -0.457 e. The Morgan fingerprint density at radius 1 is 0.460 bits per heavy atom. The molecule has 8 aromatic rings. The number of para-hydroxylation sites is 1. The van der Waals surface area contributed by atoms with Gasteiger partial charge in [-0.25, -0.2) is 15.0 Å². The third-order valence-corrected chi connectivity index (χ3v) is 10.0. The summed E-state index contributed by atoms with van der Waals surface area (Å²) in [4.78, 5) is 15.0. The number of hydrogen-bond donors (Lipinski definition) is 0. The number of ether oxygens (including phenoxy) is 1. The molecule has 232 valence electrons. The van der Waals surface area contributed by atoms with Gasteiger partial charge in [0.1, 0.15) is 11.5 Å². The number of fused-ring (bicyclic) bond motifs is 11. The molecular weight excluding hydrogens is 613 g/mol. The fraction of sp³-hybridized carbons (Fsp3) is 0.0222. The van der Waals surface area contributed by atoms with Crippen LogP contribution < -0.4 is 4.74 Å². The van der Waals surface area contributed by atoms with Gasteiger partial charge in [-0.15, -0.1) is 0 Å². The van der Waals surface area contributed by atoms with Crippen LogP contribution in [0, 0.1) is 11.3 Å². The molecule has 10 rings (SSSR count). The van der Waals surface area contributed by atoms with Crippen LogP contribution in [0.2, 0.25) is 0 Å². The zero-order valence-electron chi connectivity index (χ0n) is 26.7. The fourth-order valence-corrected chi connectivity index (χ4v) is 7.93. The first kappa shape index (κ1) is 28.1. The van der Waals surface area contributed by atoms with E-state index < -0.39 is 5.41 Å². The van der Waals surface area contributed by atoms with Crippen molar-refractivity contribution in [2.45, 2.75) is 5.41 Å². The molecule has 1 aromatic heterocycles. The highest BCUT2D eigenvalue weighted by Crippen LogP contribution is 2.63. The molecule has 50 heavy (non-hydrogen) atoms. The van der Waals surface area contributed by atoms with Gasteiger partial charge in [-0.2, -0.15) is 5.26 Å². The molecule has 5 heteroatoms. The number of nitrogens with zero attached hydrogens (tertiary/aromatic N) is 4. The highest BCUT2D eigenvalue weighted by Gasteiger charge is 2.52. The molecule has 0 N–H and O–H groups in total. The van der Waals surface area contributed by atoms with Gasteiger partial charge in [-0.3, -0.25) is 0 Å². The Labute approximate surface area is 288 Å². The standard InChI is InChI=1S/C45H26N4O/c46-27-31-26-38-41(33-18-8-7-17-32(31)33)34-19-9-10-20-35(34)45(38)36-21-11-12-22-39(36)50-40-24-23-30(25-37(40)45)44-48-42(28-13-3-1-4-14-28)47-43(49-44)29-15-5-2-6-16-29/h1-26H. The van der Waals surface area contributed by atoms with Crippen molar-refractivity contribution in [3.63, 3.8) is 0 Å². The molecule has 0 fully saturated rings. The van der Waals surface area contributed by atoms with E-state index in [0.29, 0.717) is 23.0 Å². The van der Waals surface area contributed by atoms with E-state index in [2.05, 4.69) is 66.7 Å². The van der Waals surface area contributed by atoms with Crippen molar-refractivity contribution in [3.8, 4) is 62.9 Å². The molecule has 0 radical (unpaired) electrons. The maximum Gasteiger partial charge on any atom is 0.164 e. The van der Waals surface area contributed by atoms with Gasteiger partial charge in [0.05, 0.1) is 17.0 Å². The van der Waals surface area contributed by atoms with Crippen molar-refractivity contribution < 1.29 is 4.74 Å². The van der Waals surface area contributed by atoms with Gasteiger partial charge in [-0.05, 0) is 58.0 Å². The van der Waals surface area contributed by atoms with E-state index in [1.807, 2.05) is 97.1 Å². The summed E-state index contributed by atoms with van der Waals surface area (Å²) in [7, 11) is 0. The summed E-state index contributed by atoms with van der Waals surface area (Å²) < 4.78 is 6.70. The third-order valence-electron chi connectivity index (χ3n) is 10.0. The molecule has 0 amide bonds. The highest BCUT2D eigenvalue weighted by molar-refractivity contribution is 6.06.